The number of rotatable bonds is 5. The molecule has 0 bridgehead atoms. The molecule has 1 aromatic carbocycles. The molecule has 2 heterocycles. The fourth-order valence-corrected chi connectivity index (χ4v) is 5.66. The summed E-state index contributed by atoms with van der Waals surface area (Å²) in [5.41, 5.74) is 1.29. The van der Waals surface area contributed by atoms with Gasteiger partial charge in [-0.05, 0) is 17.6 Å². The van der Waals surface area contributed by atoms with Crippen molar-refractivity contribution in [3.05, 3.63) is 65.5 Å². The zero-order valence-electron chi connectivity index (χ0n) is 15.5. The van der Waals surface area contributed by atoms with Crippen molar-refractivity contribution >= 4 is 21.6 Å². The zero-order chi connectivity index (χ0) is 20.5. The van der Waals surface area contributed by atoms with Crippen LogP contribution in [-0.2, 0) is 19.5 Å². The van der Waals surface area contributed by atoms with E-state index >= 15 is 0 Å². The number of H-pyrrole nitrogens is 1. The van der Waals surface area contributed by atoms with Crippen LogP contribution in [0, 0.1) is 0 Å². The number of hydrogen-bond donors (Lipinski definition) is 2. The summed E-state index contributed by atoms with van der Waals surface area (Å²) in [6.45, 7) is 0.977. The lowest BCUT2D eigenvalue weighted by molar-refractivity contribution is 0.0686. The maximum absolute atomic E-state index is 13.7. The van der Waals surface area contributed by atoms with Crippen LogP contribution < -0.4 is 0 Å². The second kappa shape index (κ2) is 7.54. The summed E-state index contributed by atoms with van der Waals surface area (Å²) in [4.78, 5) is 11.7. The van der Waals surface area contributed by atoms with Crippen LogP contribution in [0.4, 0.5) is 0 Å². The van der Waals surface area contributed by atoms with Gasteiger partial charge in [-0.25, -0.2) is 13.2 Å². The van der Waals surface area contributed by atoms with Crippen molar-refractivity contribution < 1.29 is 23.1 Å². The van der Waals surface area contributed by atoms with Crippen LogP contribution >= 0.6 is 0 Å². The minimum absolute atomic E-state index is 0.0419. The Hall–Kier alpha value is -2.82. The smallest absolute Gasteiger partial charge is 0.358 e. The summed E-state index contributed by atoms with van der Waals surface area (Å²) in [6, 6.07) is 9.56. The molecule has 0 saturated carbocycles. The van der Waals surface area contributed by atoms with E-state index in [9.17, 15) is 18.3 Å². The highest BCUT2D eigenvalue weighted by atomic mass is 32.2. The molecule has 0 radical (unpaired) electrons. The van der Waals surface area contributed by atoms with E-state index in [1.807, 2.05) is 30.3 Å². The number of nitrogens with one attached hydrogen (secondary N) is 1. The quantitative estimate of drug-likeness (QED) is 0.755. The van der Waals surface area contributed by atoms with Gasteiger partial charge < -0.3 is 9.84 Å². The molecule has 1 aromatic heterocycles. The Bertz CT molecular complexity index is 1070. The van der Waals surface area contributed by atoms with Gasteiger partial charge in [0.25, 0.3) is 0 Å². The number of aromatic carboxylic acids is 1. The van der Waals surface area contributed by atoms with Gasteiger partial charge in [0.1, 0.15) is 5.69 Å². The number of morpholine rings is 1. The normalized spacial score (nSPS) is 23.0. The predicted molar refractivity (Wildman–Crippen MR) is 105 cm³/mol. The van der Waals surface area contributed by atoms with Crippen molar-refractivity contribution in [1.29, 1.82) is 0 Å². The molecule has 2 aliphatic rings. The largest absolute Gasteiger partial charge is 0.476 e. The van der Waals surface area contributed by atoms with Gasteiger partial charge in [0, 0.05) is 13.1 Å². The van der Waals surface area contributed by atoms with Crippen LogP contribution in [0.5, 0.6) is 0 Å². The number of nitrogens with zero attached hydrogens (tertiary/aromatic N) is 3. The lowest BCUT2D eigenvalue weighted by atomic mass is 9.89. The molecule has 1 unspecified atom stereocenters. The average Bonchev–Trinajstić information content (AvgIpc) is 3.26. The standard InChI is InChI=1S/C19H20N4O5S/c24-18(25)16-17(21-22-20-16)19(29(26,27)23-10-12-28-13-11-23)8-6-15(7-9-19)14-4-2-1-3-5-14/h1-8H,9-13H2,(H,24,25)(H,20,21,22). The number of allylic oxidation sites excluding steroid dienone is 3. The molecule has 1 atom stereocenters. The van der Waals surface area contributed by atoms with Crippen molar-refractivity contribution in [2.45, 2.75) is 11.2 Å². The third-order valence-electron chi connectivity index (χ3n) is 5.19. The van der Waals surface area contributed by atoms with Gasteiger partial charge >= 0.3 is 5.97 Å². The Labute approximate surface area is 167 Å². The molecule has 29 heavy (non-hydrogen) atoms. The molecule has 2 N–H and O–H groups in total. The summed E-state index contributed by atoms with van der Waals surface area (Å²) >= 11 is 0. The molecular formula is C19H20N4O5S. The van der Waals surface area contributed by atoms with Gasteiger partial charge in [-0.1, -0.05) is 48.6 Å². The van der Waals surface area contributed by atoms with Crippen LogP contribution in [-0.4, -0.2) is 65.5 Å². The number of ether oxygens (including phenoxy) is 1. The van der Waals surface area contributed by atoms with Crippen molar-refractivity contribution in [2.75, 3.05) is 26.3 Å². The number of aromatic amines is 1. The molecule has 152 valence electrons. The van der Waals surface area contributed by atoms with E-state index in [2.05, 4.69) is 15.4 Å². The lowest BCUT2D eigenvalue weighted by Gasteiger charge is -2.37. The Morgan fingerprint density at radius 1 is 1.17 bits per heavy atom. The van der Waals surface area contributed by atoms with Gasteiger partial charge in [0.15, 0.2) is 10.4 Å². The van der Waals surface area contributed by atoms with E-state index in [-0.39, 0.29) is 38.4 Å². The topological polar surface area (TPSA) is 125 Å². The maximum atomic E-state index is 13.7. The first-order chi connectivity index (χ1) is 14.0. The summed E-state index contributed by atoms with van der Waals surface area (Å²) < 4.78 is 32.3. The number of carboxylic acids is 1. The second-order valence-electron chi connectivity index (χ2n) is 6.79. The highest BCUT2D eigenvalue weighted by Crippen LogP contribution is 2.42. The van der Waals surface area contributed by atoms with Crippen molar-refractivity contribution in [2.24, 2.45) is 0 Å². The molecule has 4 rings (SSSR count). The number of sulfonamides is 1. The summed E-state index contributed by atoms with van der Waals surface area (Å²) in [5, 5.41) is 19.4. The highest BCUT2D eigenvalue weighted by molar-refractivity contribution is 7.90. The Morgan fingerprint density at radius 2 is 1.90 bits per heavy atom. The third-order valence-corrected chi connectivity index (χ3v) is 7.65. The molecule has 9 nitrogen and oxygen atoms in total. The Morgan fingerprint density at radius 3 is 2.52 bits per heavy atom. The number of benzene rings is 1. The molecule has 1 aliphatic heterocycles. The maximum Gasteiger partial charge on any atom is 0.358 e. The first-order valence-electron chi connectivity index (χ1n) is 9.12. The zero-order valence-corrected chi connectivity index (χ0v) is 16.3. The summed E-state index contributed by atoms with van der Waals surface area (Å²) in [5.74, 6) is -1.34. The van der Waals surface area contributed by atoms with Crippen molar-refractivity contribution in [3.8, 4) is 0 Å². The van der Waals surface area contributed by atoms with Crippen LogP contribution in [0.1, 0.15) is 28.2 Å². The predicted octanol–water partition coefficient (Wildman–Crippen LogP) is 1.40. The van der Waals surface area contributed by atoms with Crippen LogP contribution in [0.15, 0.2) is 48.6 Å². The van der Waals surface area contributed by atoms with E-state index in [1.165, 1.54) is 10.4 Å². The number of carboxylic acid groups (broad SMARTS) is 1. The van der Waals surface area contributed by atoms with E-state index < -0.39 is 26.4 Å². The molecule has 0 spiro atoms. The van der Waals surface area contributed by atoms with Crippen LogP contribution in [0.3, 0.4) is 0 Å². The molecule has 2 aromatic rings. The van der Waals surface area contributed by atoms with Crippen LogP contribution in [0.2, 0.25) is 0 Å². The van der Waals surface area contributed by atoms with E-state index in [0.717, 1.165) is 11.1 Å². The molecule has 1 aliphatic carbocycles. The highest BCUT2D eigenvalue weighted by Gasteiger charge is 2.51. The molecular weight excluding hydrogens is 396 g/mol. The molecule has 1 fully saturated rings. The van der Waals surface area contributed by atoms with Gasteiger partial charge in [-0.2, -0.15) is 14.6 Å². The Kier molecular flexibility index (Phi) is 5.07. The molecule has 1 saturated heterocycles. The number of hydrogen-bond acceptors (Lipinski definition) is 6. The summed E-state index contributed by atoms with van der Waals surface area (Å²) in [6.07, 6.45) is 5.08. The monoisotopic (exact) mass is 416 g/mol. The van der Waals surface area contributed by atoms with E-state index in [4.69, 9.17) is 4.74 Å². The first-order valence-corrected chi connectivity index (χ1v) is 10.6. The summed E-state index contributed by atoms with van der Waals surface area (Å²) in [7, 11) is -4.00. The minimum atomic E-state index is -4.00. The van der Waals surface area contributed by atoms with Gasteiger partial charge in [0.05, 0.1) is 13.2 Å². The fourth-order valence-electron chi connectivity index (χ4n) is 3.65. The fraction of sp³-hybridized carbons (Fsp3) is 0.316. The van der Waals surface area contributed by atoms with Crippen molar-refractivity contribution in [1.82, 2.24) is 19.7 Å². The minimum Gasteiger partial charge on any atom is -0.476 e. The SMILES string of the molecule is O=C(O)c1n[nH]nc1C1(S(=O)(=O)N2CCOCC2)C=CC(c2ccccc2)=CC1. The molecule has 0 amide bonds. The lowest BCUT2D eigenvalue weighted by Crippen LogP contribution is -2.50. The third kappa shape index (κ3) is 3.28. The van der Waals surface area contributed by atoms with E-state index in [0.29, 0.717) is 0 Å². The first kappa shape index (κ1) is 19.5. The van der Waals surface area contributed by atoms with E-state index in [1.54, 1.807) is 12.2 Å². The van der Waals surface area contributed by atoms with Crippen LogP contribution in [0.25, 0.3) is 5.57 Å². The van der Waals surface area contributed by atoms with Crippen molar-refractivity contribution in [3.63, 3.8) is 0 Å². The second-order valence-corrected chi connectivity index (χ2v) is 8.99. The van der Waals surface area contributed by atoms with Gasteiger partial charge in [-0.3, -0.25) is 0 Å². The van der Waals surface area contributed by atoms with Gasteiger partial charge in [0.2, 0.25) is 10.0 Å². The number of carbonyl (C=O) groups is 1. The molecule has 10 heteroatoms. The Balaban J connectivity index is 1.82. The van der Waals surface area contributed by atoms with Gasteiger partial charge in [-0.15, -0.1) is 5.10 Å². The average molecular weight is 416 g/mol. The number of aromatic nitrogens is 3.